The lowest BCUT2D eigenvalue weighted by atomic mass is 9.95. The van der Waals surface area contributed by atoms with Crippen LogP contribution in [0, 0.1) is 0 Å². The lowest BCUT2D eigenvalue weighted by molar-refractivity contribution is -0.128. The van der Waals surface area contributed by atoms with E-state index in [0.29, 0.717) is 17.0 Å². The maximum absolute atomic E-state index is 12.6. The van der Waals surface area contributed by atoms with Crippen molar-refractivity contribution in [2.75, 3.05) is 11.8 Å². The first kappa shape index (κ1) is 23.6. The molecule has 3 rings (SSSR count). The van der Waals surface area contributed by atoms with Gasteiger partial charge in [-0.2, -0.15) is 0 Å². The molecule has 0 spiro atoms. The molecule has 0 unspecified atom stereocenters. The van der Waals surface area contributed by atoms with Gasteiger partial charge in [-0.05, 0) is 68.3 Å². The van der Waals surface area contributed by atoms with E-state index >= 15 is 0 Å². The van der Waals surface area contributed by atoms with Crippen LogP contribution in [0.5, 0.6) is 5.75 Å². The van der Waals surface area contributed by atoms with Gasteiger partial charge in [-0.25, -0.2) is 13.2 Å². The monoisotopic (exact) mass is 460 g/mol. The fraction of sp³-hybridized carbons (Fsp3) is 0.391. The minimum Gasteiger partial charge on any atom is -0.481 e. The highest BCUT2D eigenvalue weighted by Crippen LogP contribution is 2.21. The van der Waals surface area contributed by atoms with E-state index in [9.17, 15) is 18.0 Å². The Morgan fingerprint density at radius 1 is 0.969 bits per heavy atom. The molecule has 2 aromatic rings. The smallest absolute Gasteiger partial charge is 0.337 e. The number of sulfonamides is 1. The second-order valence-corrected chi connectivity index (χ2v) is 9.43. The van der Waals surface area contributed by atoms with Gasteiger partial charge in [0, 0.05) is 11.7 Å². The molecule has 1 aliphatic carbocycles. The Labute approximate surface area is 188 Å². The second kappa shape index (κ2) is 10.5. The summed E-state index contributed by atoms with van der Waals surface area (Å²) in [5.74, 6) is -0.278. The van der Waals surface area contributed by atoms with Crippen LogP contribution in [-0.2, 0) is 19.6 Å². The minimum atomic E-state index is -3.83. The molecular formula is C23H28N2O6S. The zero-order valence-corrected chi connectivity index (χ0v) is 19.0. The molecule has 1 fully saturated rings. The molecule has 1 aliphatic rings. The molecule has 0 bridgehead atoms. The van der Waals surface area contributed by atoms with Crippen LogP contribution in [0.1, 0.15) is 49.4 Å². The summed E-state index contributed by atoms with van der Waals surface area (Å²) in [7, 11) is -2.56. The third kappa shape index (κ3) is 6.23. The zero-order valence-electron chi connectivity index (χ0n) is 18.2. The largest absolute Gasteiger partial charge is 0.481 e. The predicted molar refractivity (Wildman–Crippen MR) is 120 cm³/mol. The molecule has 1 saturated carbocycles. The van der Waals surface area contributed by atoms with Gasteiger partial charge in [0.1, 0.15) is 5.75 Å². The van der Waals surface area contributed by atoms with E-state index in [4.69, 9.17) is 4.74 Å². The van der Waals surface area contributed by atoms with Gasteiger partial charge in [-0.1, -0.05) is 19.3 Å². The first-order valence-electron chi connectivity index (χ1n) is 10.6. The van der Waals surface area contributed by atoms with Gasteiger partial charge in [0.05, 0.1) is 17.6 Å². The lowest BCUT2D eigenvalue weighted by Crippen LogP contribution is -2.43. The van der Waals surface area contributed by atoms with Crippen LogP contribution in [0.4, 0.5) is 5.69 Å². The number of amides is 1. The highest BCUT2D eigenvalue weighted by Gasteiger charge is 2.21. The molecule has 0 aliphatic heterocycles. The van der Waals surface area contributed by atoms with Gasteiger partial charge >= 0.3 is 5.97 Å². The number of hydrogen-bond acceptors (Lipinski definition) is 6. The molecule has 172 valence electrons. The van der Waals surface area contributed by atoms with Crippen LogP contribution in [0.2, 0.25) is 0 Å². The van der Waals surface area contributed by atoms with Crippen molar-refractivity contribution in [2.45, 2.75) is 56.1 Å². The number of benzene rings is 2. The summed E-state index contributed by atoms with van der Waals surface area (Å²) < 4.78 is 38.0. The van der Waals surface area contributed by atoms with Gasteiger partial charge < -0.3 is 14.8 Å². The molecule has 8 nitrogen and oxygen atoms in total. The summed E-state index contributed by atoms with van der Waals surface area (Å²) >= 11 is 0. The zero-order chi connectivity index (χ0) is 23.1. The summed E-state index contributed by atoms with van der Waals surface area (Å²) in [6, 6.07) is 11.9. The maximum Gasteiger partial charge on any atom is 0.337 e. The van der Waals surface area contributed by atoms with E-state index in [2.05, 4.69) is 14.8 Å². The molecule has 32 heavy (non-hydrogen) atoms. The van der Waals surface area contributed by atoms with Gasteiger partial charge in [0.25, 0.3) is 15.9 Å². The van der Waals surface area contributed by atoms with Crippen LogP contribution >= 0.6 is 0 Å². The lowest BCUT2D eigenvalue weighted by Gasteiger charge is -2.24. The van der Waals surface area contributed by atoms with Crippen molar-refractivity contribution in [3.63, 3.8) is 0 Å². The Bertz CT molecular complexity index is 1030. The number of ether oxygens (including phenoxy) is 2. The number of rotatable bonds is 8. The van der Waals surface area contributed by atoms with E-state index in [1.807, 2.05) is 0 Å². The van der Waals surface area contributed by atoms with E-state index < -0.39 is 22.1 Å². The van der Waals surface area contributed by atoms with Crippen LogP contribution in [0.3, 0.4) is 0 Å². The minimum absolute atomic E-state index is 0.0428. The molecule has 0 aromatic heterocycles. The fourth-order valence-electron chi connectivity index (χ4n) is 3.53. The molecule has 9 heteroatoms. The van der Waals surface area contributed by atoms with Crippen LogP contribution in [-0.4, -0.2) is 39.5 Å². The van der Waals surface area contributed by atoms with Crippen molar-refractivity contribution >= 4 is 27.6 Å². The van der Waals surface area contributed by atoms with Crippen LogP contribution < -0.4 is 14.8 Å². The van der Waals surface area contributed by atoms with E-state index in [1.165, 1.54) is 62.1 Å². The molecule has 2 aromatic carbocycles. The molecule has 0 saturated heterocycles. The average Bonchev–Trinajstić information content (AvgIpc) is 2.80. The number of nitrogens with one attached hydrogen (secondary N) is 2. The standard InChI is InChI=1S/C23H28N2O6S/c1-16(22(26)24-18-6-4-3-5-7-18)31-20-12-14-21(15-13-20)32(28,29)25-19-10-8-17(9-11-19)23(27)30-2/h8-16,18,25H,3-7H2,1-2H3,(H,24,26)/t16-/m0/s1. The number of anilines is 1. The Kier molecular flexibility index (Phi) is 7.74. The quantitative estimate of drug-likeness (QED) is 0.584. The number of esters is 1. The Balaban J connectivity index is 1.58. The molecule has 1 amide bonds. The number of hydrogen-bond donors (Lipinski definition) is 2. The fourth-order valence-corrected chi connectivity index (χ4v) is 4.59. The van der Waals surface area contributed by atoms with Crippen molar-refractivity contribution < 1.29 is 27.5 Å². The topological polar surface area (TPSA) is 111 Å². The molecular weight excluding hydrogens is 432 g/mol. The first-order valence-corrected chi connectivity index (χ1v) is 12.0. The van der Waals surface area contributed by atoms with Gasteiger partial charge in [-0.3, -0.25) is 9.52 Å². The number of methoxy groups -OCH3 is 1. The van der Waals surface area contributed by atoms with Crippen molar-refractivity contribution in [2.24, 2.45) is 0 Å². The summed E-state index contributed by atoms with van der Waals surface area (Å²) in [6.45, 7) is 1.67. The Hall–Kier alpha value is -3.07. The molecule has 1 atom stereocenters. The molecule has 0 radical (unpaired) electrons. The van der Waals surface area contributed by atoms with Crippen molar-refractivity contribution in [1.82, 2.24) is 5.32 Å². The molecule has 0 heterocycles. The first-order chi connectivity index (χ1) is 15.3. The van der Waals surface area contributed by atoms with Gasteiger partial charge in [0.2, 0.25) is 0 Å². The normalized spacial score (nSPS) is 15.4. The predicted octanol–water partition coefficient (Wildman–Crippen LogP) is 3.49. The third-order valence-electron chi connectivity index (χ3n) is 5.33. The number of carbonyl (C=O) groups is 2. The molecule has 2 N–H and O–H groups in total. The summed E-state index contributed by atoms with van der Waals surface area (Å²) in [5.41, 5.74) is 0.629. The van der Waals surface area contributed by atoms with Crippen molar-refractivity contribution in [3.05, 3.63) is 54.1 Å². The third-order valence-corrected chi connectivity index (χ3v) is 6.72. The van der Waals surface area contributed by atoms with Crippen molar-refractivity contribution in [1.29, 1.82) is 0 Å². The van der Waals surface area contributed by atoms with E-state index in [0.717, 1.165) is 25.7 Å². The maximum atomic E-state index is 12.6. The highest BCUT2D eigenvalue weighted by molar-refractivity contribution is 7.92. The Morgan fingerprint density at radius 3 is 2.19 bits per heavy atom. The van der Waals surface area contributed by atoms with Crippen LogP contribution in [0.15, 0.2) is 53.4 Å². The van der Waals surface area contributed by atoms with Crippen LogP contribution in [0.25, 0.3) is 0 Å². The average molecular weight is 461 g/mol. The summed E-state index contributed by atoms with van der Waals surface area (Å²) in [4.78, 5) is 23.9. The summed E-state index contributed by atoms with van der Waals surface area (Å²) in [6.07, 6.45) is 4.75. The highest BCUT2D eigenvalue weighted by atomic mass is 32.2. The number of carbonyl (C=O) groups excluding carboxylic acids is 2. The van der Waals surface area contributed by atoms with Gasteiger partial charge in [-0.15, -0.1) is 0 Å². The van der Waals surface area contributed by atoms with Crippen molar-refractivity contribution in [3.8, 4) is 5.75 Å². The van der Waals surface area contributed by atoms with E-state index in [1.54, 1.807) is 6.92 Å². The SMILES string of the molecule is COC(=O)c1ccc(NS(=O)(=O)c2ccc(O[C@@H](C)C(=O)NC3CCCCC3)cc2)cc1. The van der Waals surface area contributed by atoms with E-state index in [-0.39, 0.29) is 16.8 Å². The second-order valence-electron chi connectivity index (χ2n) is 7.75. The summed E-state index contributed by atoms with van der Waals surface area (Å²) in [5, 5.41) is 3.02. The van der Waals surface area contributed by atoms with Gasteiger partial charge in [0.15, 0.2) is 6.10 Å². The Morgan fingerprint density at radius 2 is 1.59 bits per heavy atom.